The van der Waals surface area contributed by atoms with Crippen LogP contribution in [0.4, 0.5) is 0 Å². The van der Waals surface area contributed by atoms with E-state index < -0.39 is 0 Å². The van der Waals surface area contributed by atoms with E-state index in [4.69, 9.17) is 9.15 Å². The van der Waals surface area contributed by atoms with E-state index in [1.165, 1.54) is 12.7 Å². The largest absolute Gasteiger partial charge is 0.460 e. The average molecular weight is 486 g/mol. The fourth-order valence-electron chi connectivity index (χ4n) is 3.53. The number of amides is 1. The van der Waals surface area contributed by atoms with Crippen molar-refractivity contribution in [1.29, 1.82) is 0 Å². The Bertz CT molecular complexity index is 1040. The molecule has 1 heterocycles. The number of furan rings is 1. The molecule has 0 unspecified atom stereocenters. The minimum atomic E-state index is -0.255. The summed E-state index contributed by atoms with van der Waals surface area (Å²) in [6.07, 6.45) is 4.62. The van der Waals surface area contributed by atoms with E-state index in [0.717, 1.165) is 31.0 Å². The third kappa shape index (κ3) is 5.63. The Balaban J connectivity index is 2.00. The summed E-state index contributed by atoms with van der Waals surface area (Å²) >= 11 is 3.45. The maximum absolute atomic E-state index is 13.5. The molecule has 164 valence electrons. The van der Waals surface area contributed by atoms with Crippen molar-refractivity contribution in [2.24, 2.45) is 0 Å². The Morgan fingerprint density at radius 2 is 1.77 bits per heavy atom. The Labute approximate surface area is 191 Å². The van der Waals surface area contributed by atoms with Crippen molar-refractivity contribution >= 4 is 38.6 Å². The van der Waals surface area contributed by atoms with Crippen LogP contribution in [0.5, 0.6) is 0 Å². The minimum Gasteiger partial charge on any atom is -0.460 e. The third-order valence-electron chi connectivity index (χ3n) is 5.20. The number of alkyl halides is 1. The number of rotatable bonds is 11. The van der Waals surface area contributed by atoms with E-state index in [2.05, 4.69) is 28.2 Å². The highest BCUT2D eigenvalue weighted by Crippen LogP contribution is 2.30. The number of halogens is 1. The van der Waals surface area contributed by atoms with Gasteiger partial charge in [-0.15, -0.1) is 0 Å². The lowest BCUT2D eigenvalue weighted by Gasteiger charge is -2.06. The zero-order valence-corrected chi connectivity index (χ0v) is 19.6. The number of fused-ring (bicyclic) bond motifs is 1. The van der Waals surface area contributed by atoms with Crippen LogP contribution in [0, 0.1) is 0 Å². The highest BCUT2D eigenvalue weighted by atomic mass is 79.9. The Morgan fingerprint density at radius 3 is 2.45 bits per heavy atom. The molecule has 0 fully saturated rings. The molecule has 1 amide bonds. The molecule has 0 aliphatic heterocycles. The second-order valence-electron chi connectivity index (χ2n) is 7.47. The third-order valence-corrected chi connectivity index (χ3v) is 5.76. The van der Waals surface area contributed by atoms with E-state index in [0.29, 0.717) is 39.8 Å². The molecule has 0 spiro atoms. The number of ketones is 1. The number of carbonyl (C=O) groups excluding carboxylic acids is 2. The van der Waals surface area contributed by atoms with Crippen LogP contribution in [0.2, 0.25) is 0 Å². The summed E-state index contributed by atoms with van der Waals surface area (Å²) in [4.78, 5) is 25.9. The molecule has 1 N–H and O–H groups in total. The Hall–Kier alpha value is -2.44. The molecule has 0 bridgehead atoms. The molecule has 0 aliphatic rings. The smallest absolute Gasteiger partial charge is 0.253 e. The molecule has 0 saturated heterocycles. The van der Waals surface area contributed by atoms with Gasteiger partial charge in [-0.1, -0.05) is 53.5 Å². The lowest BCUT2D eigenvalue weighted by atomic mass is 9.96. The zero-order valence-electron chi connectivity index (χ0n) is 18.0. The monoisotopic (exact) mass is 485 g/mol. The van der Waals surface area contributed by atoms with Gasteiger partial charge in [0.15, 0.2) is 5.78 Å². The number of aryl methyl sites for hydroxylation is 2. The van der Waals surface area contributed by atoms with Crippen molar-refractivity contribution in [3.05, 3.63) is 70.5 Å². The van der Waals surface area contributed by atoms with Gasteiger partial charge in [0.1, 0.15) is 18.1 Å². The molecule has 6 heteroatoms. The first kappa shape index (κ1) is 23.2. The minimum absolute atomic E-state index is 0.0775. The van der Waals surface area contributed by atoms with Gasteiger partial charge in [0, 0.05) is 35.4 Å². The van der Waals surface area contributed by atoms with Crippen LogP contribution in [0.3, 0.4) is 0 Å². The number of carbonyl (C=O) groups is 2. The van der Waals surface area contributed by atoms with Crippen LogP contribution in [0.1, 0.15) is 63.8 Å². The fraction of sp³-hybridized carbons (Fsp3) is 0.360. The van der Waals surface area contributed by atoms with Gasteiger partial charge < -0.3 is 14.5 Å². The molecular formula is C25H28BrNO4. The number of methoxy groups -OCH3 is 1. The molecule has 3 rings (SSSR count). The van der Waals surface area contributed by atoms with Crippen molar-refractivity contribution in [3.8, 4) is 0 Å². The van der Waals surface area contributed by atoms with Crippen molar-refractivity contribution < 1.29 is 18.7 Å². The van der Waals surface area contributed by atoms with Crippen molar-refractivity contribution in [2.75, 3.05) is 19.2 Å². The van der Waals surface area contributed by atoms with E-state index >= 15 is 0 Å². The van der Waals surface area contributed by atoms with Crippen LogP contribution in [0.15, 0.2) is 46.9 Å². The molecule has 0 radical (unpaired) electrons. The molecule has 0 saturated carbocycles. The standard InChI is InChI=1S/C25H28BrNO4/c1-3-4-7-22-23(24(28)18-10-8-17(9-11-18)6-5-14-26)20-15-19(12-13-21(20)31-22)25(29)27-16-30-2/h8-13,15H,3-7,14,16H2,1-2H3,(H,27,29). The summed E-state index contributed by atoms with van der Waals surface area (Å²) < 4.78 is 11.0. The average Bonchev–Trinajstić information content (AvgIpc) is 3.17. The summed E-state index contributed by atoms with van der Waals surface area (Å²) in [6.45, 7) is 2.23. The highest BCUT2D eigenvalue weighted by Gasteiger charge is 2.23. The van der Waals surface area contributed by atoms with Crippen molar-refractivity contribution in [1.82, 2.24) is 5.32 Å². The van der Waals surface area contributed by atoms with Gasteiger partial charge in [0.05, 0.1) is 5.56 Å². The number of unbranched alkanes of at least 4 members (excludes halogenated alkanes) is 1. The lowest BCUT2D eigenvalue weighted by Crippen LogP contribution is -2.25. The van der Waals surface area contributed by atoms with Gasteiger partial charge >= 0.3 is 0 Å². The van der Waals surface area contributed by atoms with Gasteiger partial charge in [-0.2, -0.15) is 0 Å². The second-order valence-corrected chi connectivity index (χ2v) is 8.27. The van der Waals surface area contributed by atoms with Crippen LogP contribution >= 0.6 is 15.9 Å². The van der Waals surface area contributed by atoms with Crippen molar-refractivity contribution in [2.45, 2.75) is 39.0 Å². The molecule has 1 aromatic heterocycles. The van der Waals surface area contributed by atoms with Crippen LogP contribution in [-0.4, -0.2) is 30.9 Å². The van der Waals surface area contributed by atoms with Gasteiger partial charge in [-0.05, 0) is 43.0 Å². The number of hydrogen-bond donors (Lipinski definition) is 1. The van der Waals surface area contributed by atoms with Crippen LogP contribution < -0.4 is 5.32 Å². The van der Waals surface area contributed by atoms with E-state index in [1.54, 1.807) is 18.2 Å². The maximum Gasteiger partial charge on any atom is 0.253 e. The lowest BCUT2D eigenvalue weighted by molar-refractivity contribution is 0.0872. The summed E-state index contributed by atoms with van der Waals surface area (Å²) in [5, 5.41) is 4.30. The first-order valence-corrected chi connectivity index (χ1v) is 11.7. The highest BCUT2D eigenvalue weighted by molar-refractivity contribution is 9.09. The summed E-state index contributed by atoms with van der Waals surface area (Å²) in [5.41, 5.74) is 3.46. The van der Waals surface area contributed by atoms with E-state index in [1.807, 2.05) is 24.3 Å². The van der Waals surface area contributed by atoms with Gasteiger partial charge in [-0.25, -0.2) is 0 Å². The normalized spacial score (nSPS) is 11.1. The van der Waals surface area contributed by atoms with Gasteiger partial charge in [0.25, 0.3) is 5.91 Å². The molecule has 0 aliphatic carbocycles. The summed E-state index contributed by atoms with van der Waals surface area (Å²) in [6, 6.07) is 13.0. The SMILES string of the molecule is CCCCc1oc2ccc(C(=O)NCOC)cc2c1C(=O)c1ccc(CCCBr)cc1. The summed E-state index contributed by atoms with van der Waals surface area (Å²) in [7, 11) is 1.52. The second kappa shape index (κ2) is 11.3. The first-order valence-electron chi connectivity index (χ1n) is 10.6. The predicted molar refractivity (Wildman–Crippen MR) is 126 cm³/mol. The molecule has 2 aromatic carbocycles. The quantitative estimate of drug-likeness (QED) is 0.216. The van der Waals surface area contributed by atoms with E-state index in [-0.39, 0.29) is 18.4 Å². The number of hydrogen-bond acceptors (Lipinski definition) is 4. The zero-order chi connectivity index (χ0) is 22.2. The molecule has 31 heavy (non-hydrogen) atoms. The predicted octanol–water partition coefficient (Wildman–Crippen LogP) is 5.67. The fourth-order valence-corrected chi connectivity index (χ4v) is 3.81. The topological polar surface area (TPSA) is 68.5 Å². The number of nitrogens with one attached hydrogen (secondary N) is 1. The van der Waals surface area contributed by atoms with Gasteiger partial charge in [-0.3, -0.25) is 9.59 Å². The Kier molecular flexibility index (Phi) is 8.43. The van der Waals surface area contributed by atoms with Crippen LogP contribution in [-0.2, 0) is 17.6 Å². The molecule has 5 nitrogen and oxygen atoms in total. The molecule has 0 atom stereocenters. The number of benzene rings is 2. The number of ether oxygens (including phenoxy) is 1. The Morgan fingerprint density at radius 1 is 1.03 bits per heavy atom. The first-order chi connectivity index (χ1) is 15.1. The van der Waals surface area contributed by atoms with Crippen LogP contribution in [0.25, 0.3) is 11.0 Å². The maximum atomic E-state index is 13.5. The van der Waals surface area contributed by atoms with E-state index in [9.17, 15) is 9.59 Å². The molecule has 3 aromatic rings. The van der Waals surface area contributed by atoms with Crippen molar-refractivity contribution in [3.63, 3.8) is 0 Å². The van der Waals surface area contributed by atoms with Gasteiger partial charge in [0.2, 0.25) is 0 Å². The molecular weight excluding hydrogens is 458 g/mol. The summed E-state index contributed by atoms with van der Waals surface area (Å²) in [5.74, 6) is 0.348.